The minimum Gasteiger partial charge on any atom is -0.433 e. The van der Waals surface area contributed by atoms with Crippen molar-refractivity contribution in [3.8, 4) is 0 Å². The van der Waals surface area contributed by atoms with Crippen LogP contribution in [0, 0.1) is 5.92 Å². The molecule has 0 nitrogen and oxygen atoms in total. The molecule has 0 aromatic heterocycles. The Hall–Kier alpha value is 0.790. The average Bonchev–Trinajstić information content (AvgIpc) is 2.39. The van der Waals surface area contributed by atoms with Crippen LogP contribution in [0.4, 0.5) is 0 Å². The Morgan fingerprint density at radius 2 is 1.92 bits per heavy atom. The van der Waals surface area contributed by atoms with Crippen LogP contribution in [0.15, 0.2) is 24.3 Å². The number of rotatable bonds is 4. The predicted molar refractivity (Wildman–Crippen MR) is 55.6 cm³/mol. The number of hydrogen-bond donors (Lipinski definition) is 0. The topological polar surface area (TPSA) is 0 Å². The van der Waals surface area contributed by atoms with Gasteiger partial charge in [-0.1, -0.05) is 24.3 Å². The van der Waals surface area contributed by atoms with E-state index in [1.165, 1.54) is 6.42 Å². The zero-order valence-electron chi connectivity index (χ0n) is 7.32. The first-order chi connectivity index (χ1) is 5.29. The Kier molecular flexibility index (Phi) is 7.69. The maximum Gasteiger partial charge on any atom is 1.00 e. The fraction of sp³-hybridized carbons (Fsp3) is 0.444. The number of allylic oxidation sites excluding steroid dienone is 4. The van der Waals surface area contributed by atoms with Gasteiger partial charge in [0, 0.05) is 0 Å². The van der Waals surface area contributed by atoms with Crippen LogP contribution in [-0.2, 0) is 12.6 Å². The second-order valence-electron chi connectivity index (χ2n) is 2.70. The SMILES string of the molecule is S=C([S-])CCCC1C=CC=C1.[Na+]. The molecule has 1 rings (SSSR count). The summed E-state index contributed by atoms with van der Waals surface area (Å²) < 4.78 is 0.718. The third kappa shape index (κ3) is 5.44. The Morgan fingerprint density at radius 3 is 2.42 bits per heavy atom. The minimum absolute atomic E-state index is 0. The fourth-order valence-electron chi connectivity index (χ4n) is 1.15. The summed E-state index contributed by atoms with van der Waals surface area (Å²) in [6.45, 7) is 0. The molecule has 0 saturated heterocycles. The summed E-state index contributed by atoms with van der Waals surface area (Å²) >= 11 is 9.63. The van der Waals surface area contributed by atoms with Gasteiger partial charge in [-0.3, -0.25) is 0 Å². The summed E-state index contributed by atoms with van der Waals surface area (Å²) in [7, 11) is 0. The van der Waals surface area contributed by atoms with Gasteiger partial charge in [-0.25, -0.2) is 0 Å². The molecule has 0 N–H and O–H groups in total. The van der Waals surface area contributed by atoms with E-state index in [-0.39, 0.29) is 29.6 Å². The van der Waals surface area contributed by atoms with E-state index in [0.29, 0.717) is 5.92 Å². The predicted octanol–water partition coefficient (Wildman–Crippen LogP) is -0.223. The summed E-state index contributed by atoms with van der Waals surface area (Å²) in [5, 5.41) is 0. The largest absolute Gasteiger partial charge is 1.00 e. The molecule has 0 aromatic carbocycles. The van der Waals surface area contributed by atoms with Crippen molar-refractivity contribution in [3.05, 3.63) is 24.3 Å². The van der Waals surface area contributed by atoms with Gasteiger partial charge < -0.3 is 24.8 Å². The molecular weight excluding hydrogens is 195 g/mol. The molecule has 0 radical (unpaired) electrons. The van der Waals surface area contributed by atoms with Crippen molar-refractivity contribution in [1.82, 2.24) is 0 Å². The Balaban J connectivity index is 0.00000121. The van der Waals surface area contributed by atoms with Crippen molar-refractivity contribution in [2.75, 3.05) is 0 Å². The van der Waals surface area contributed by atoms with Crippen LogP contribution in [0.25, 0.3) is 0 Å². The normalized spacial score (nSPS) is 14.7. The molecule has 60 valence electrons. The molecule has 0 amide bonds. The molecule has 0 aromatic rings. The van der Waals surface area contributed by atoms with Gasteiger partial charge in [-0.15, -0.1) is 0 Å². The smallest absolute Gasteiger partial charge is 0.433 e. The summed E-state index contributed by atoms with van der Waals surface area (Å²) in [6.07, 6.45) is 11.8. The van der Waals surface area contributed by atoms with Crippen LogP contribution in [0.3, 0.4) is 0 Å². The molecule has 3 heteroatoms. The molecule has 0 unspecified atom stereocenters. The Morgan fingerprint density at radius 1 is 1.33 bits per heavy atom. The van der Waals surface area contributed by atoms with Crippen LogP contribution < -0.4 is 29.6 Å². The molecular formula is C9H11NaS2. The quantitative estimate of drug-likeness (QED) is 0.354. The molecule has 0 heterocycles. The van der Waals surface area contributed by atoms with E-state index in [1.807, 2.05) is 0 Å². The summed E-state index contributed by atoms with van der Waals surface area (Å²) in [5.41, 5.74) is 0. The van der Waals surface area contributed by atoms with Crippen molar-refractivity contribution in [1.29, 1.82) is 0 Å². The van der Waals surface area contributed by atoms with E-state index in [2.05, 4.69) is 24.3 Å². The molecule has 0 bridgehead atoms. The van der Waals surface area contributed by atoms with Gasteiger partial charge in [0.15, 0.2) is 0 Å². The third-order valence-electron chi connectivity index (χ3n) is 1.75. The third-order valence-corrected chi connectivity index (χ3v) is 2.15. The van der Waals surface area contributed by atoms with Crippen molar-refractivity contribution in [2.24, 2.45) is 5.92 Å². The zero-order chi connectivity index (χ0) is 8.10. The number of hydrogen-bond acceptors (Lipinski definition) is 2. The molecule has 12 heavy (non-hydrogen) atoms. The first-order valence-corrected chi connectivity index (χ1v) is 4.65. The van der Waals surface area contributed by atoms with Gasteiger partial charge in [0.2, 0.25) is 0 Å². The molecule has 0 atom stereocenters. The van der Waals surface area contributed by atoms with E-state index < -0.39 is 0 Å². The fourth-order valence-corrected chi connectivity index (χ4v) is 1.44. The van der Waals surface area contributed by atoms with E-state index in [4.69, 9.17) is 24.8 Å². The van der Waals surface area contributed by atoms with Gasteiger partial charge in [-0.05, 0) is 25.2 Å². The maximum absolute atomic E-state index is 4.81. The van der Waals surface area contributed by atoms with Crippen LogP contribution in [-0.4, -0.2) is 4.20 Å². The van der Waals surface area contributed by atoms with Gasteiger partial charge >= 0.3 is 29.6 Å². The zero-order valence-corrected chi connectivity index (χ0v) is 11.0. The second kappa shape index (κ2) is 7.22. The van der Waals surface area contributed by atoms with Crippen molar-refractivity contribution >= 4 is 29.0 Å². The van der Waals surface area contributed by atoms with E-state index >= 15 is 0 Å². The first kappa shape index (κ1) is 12.8. The van der Waals surface area contributed by atoms with Crippen molar-refractivity contribution < 1.29 is 29.6 Å². The second-order valence-corrected chi connectivity index (χ2v) is 3.94. The number of thiocarbonyl (C=S) groups is 1. The van der Waals surface area contributed by atoms with E-state index in [0.717, 1.165) is 17.0 Å². The molecule has 0 aliphatic heterocycles. The molecule has 1 aliphatic carbocycles. The molecule has 0 spiro atoms. The molecule has 1 aliphatic rings. The van der Waals surface area contributed by atoms with Gasteiger partial charge in [0.1, 0.15) is 0 Å². The van der Waals surface area contributed by atoms with Gasteiger partial charge in [0.05, 0.1) is 0 Å². The first-order valence-electron chi connectivity index (χ1n) is 3.84. The maximum atomic E-state index is 4.81. The Bertz CT molecular complexity index is 185. The van der Waals surface area contributed by atoms with E-state index in [9.17, 15) is 0 Å². The summed E-state index contributed by atoms with van der Waals surface area (Å²) in [4.78, 5) is 0. The Labute approximate surface area is 107 Å². The van der Waals surface area contributed by atoms with Crippen LogP contribution in [0.2, 0.25) is 0 Å². The van der Waals surface area contributed by atoms with Crippen LogP contribution >= 0.6 is 12.2 Å². The average molecular weight is 206 g/mol. The van der Waals surface area contributed by atoms with Gasteiger partial charge in [0.25, 0.3) is 0 Å². The summed E-state index contributed by atoms with van der Waals surface area (Å²) in [6, 6.07) is 0. The van der Waals surface area contributed by atoms with E-state index in [1.54, 1.807) is 0 Å². The standard InChI is InChI=1S/C9H12S2.Na/c10-9(11)7-3-6-8-4-1-2-5-8;/h1-2,4-5,8H,3,6-7H2,(H,10,11);/q;+1/p-1. The van der Waals surface area contributed by atoms with Crippen LogP contribution in [0.1, 0.15) is 19.3 Å². The molecule has 0 saturated carbocycles. The van der Waals surface area contributed by atoms with Crippen LogP contribution in [0.5, 0.6) is 0 Å². The summed E-state index contributed by atoms with van der Waals surface area (Å²) in [5.74, 6) is 0.638. The van der Waals surface area contributed by atoms with Gasteiger partial charge in [-0.2, -0.15) is 4.20 Å². The monoisotopic (exact) mass is 206 g/mol. The van der Waals surface area contributed by atoms with Crippen molar-refractivity contribution in [2.45, 2.75) is 19.3 Å². The minimum atomic E-state index is 0. The molecule has 0 fully saturated rings. The van der Waals surface area contributed by atoms with Crippen molar-refractivity contribution in [3.63, 3.8) is 0 Å².